The van der Waals surface area contributed by atoms with Crippen LogP contribution in [0.2, 0.25) is 6.04 Å². The van der Waals surface area contributed by atoms with Crippen LogP contribution in [0.1, 0.15) is 0 Å². The van der Waals surface area contributed by atoms with Gasteiger partial charge in [-0.15, -0.1) is 0 Å². The lowest BCUT2D eigenvalue weighted by molar-refractivity contribution is 0.268. The summed E-state index contributed by atoms with van der Waals surface area (Å²) in [5, 5.41) is 0. The molecule has 3 heteroatoms. The van der Waals surface area contributed by atoms with Crippen molar-refractivity contribution in [1.29, 1.82) is 0 Å². The SMILES string of the molecule is C=COCC[SiH2]O. The van der Waals surface area contributed by atoms with Gasteiger partial charge >= 0.3 is 0 Å². The van der Waals surface area contributed by atoms with E-state index in [0.717, 1.165) is 6.04 Å². The van der Waals surface area contributed by atoms with E-state index in [1.165, 1.54) is 6.26 Å². The lowest BCUT2D eigenvalue weighted by Crippen LogP contribution is -1.92. The third-order valence-corrected chi connectivity index (χ3v) is 1.14. The van der Waals surface area contributed by atoms with Crippen LogP contribution in [0, 0.1) is 0 Å². The summed E-state index contributed by atoms with van der Waals surface area (Å²) in [6.45, 7) is 3.98. The molecule has 1 N–H and O–H groups in total. The van der Waals surface area contributed by atoms with Crippen LogP contribution in [0.15, 0.2) is 12.8 Å². The van der Waals surface area contributed by atoms with Crippen LogP contribution in [0.25, 0.3) is 0 Å². The van der Waals surface area contributed by atoms with Crippen molar-refractivity contribution in [2.24, 2.45) is 0 Å². The molecule has 0 amide bonds. The summed E-state index contributed by atoms with van der Waals surface area (Å²) in [5.74, 6) is 0. The molecule has 0 aromatic rings. The quantitative estimate of drug-likeness (QED) is 0.310. The summed E-state index contributed by atoms with van der Waals surface area (Å²) in [7, 11) is -0.779. The summed E-state index contributed by atoms with van der Waals surface area (Å²) in [4.78, 5) is 8.32. The van der Waals surface area contributed by atoms with E-state index >= 15 is 0 Å². The summed E-state index contributed by atoms with van der Waals surface area (Å²) in [5.41, 5.74) is 0. The van der Waals surface area contributed by atoms with Gasteiger partial charge in [0.2, 0.25) is 0 Å². The lowest BCUT2D eigenvalue weighted by atomic mass is 10.8. The molecule has 0 radical (unpaired) electrons. The van der Waals surface area contributed by atoms with E-state index in [1.54, 1.807) is 0 Å². The Balaban J connectivity index is 2.56. The van der Waals surface area contributed by atoms with E-state index in [1.807, 2.05) is 0 Å². The van der Waals surface area contributed by atoms with Crippen molar-refractivity contribution in [1.82, 2.24) is 0 Å². The maximum atomic E-state index is 8.32. The average Bonchev–Trinajstić information content (AvgIpc) is 1.69. The Labute approximate surface area is 45.7 Å². The number of rotatable bonds is 4. The predicted octanol–water partition coefficient (Wildman–Crippen LogP) is -0.359. The van der Waals surface area contributed by atoms with Crippen LogP contribution < -0.4 is 0 Å². The van der Waals surface area contributed by atoms with Gasteiger partial charge in [-0.05, 0) is 6.04 Å². The average molecular weight is 118 g/mol. The Hall–Kier alpha value is -0.283. The zero-order chi connectivity index (χ0) is 5.54. The van der Waals surface area contributed by atoms with Gasteiger partial charge < -0.3 is 9.53 Å². The molecule has 0 spiro atoms. The fourth-order valence-electron chi connectivity index (χ4n) is 0.231. The second-order valence-corrected chi connectivity index (χ2v) is 2.27. The molecule has 0 aromatic heterocycles. The van der Waals surface area contributed by atoms with Gasteiger partial charge in [0.15, 0.2) is 9.76 Å². The Morgan fingerprint density at radius 1 is 1.86 bits per heavy atom. The van der Waals surface area contributed by atoms with Gasteiger partial charge in [-0.1, -0.05) is 6.58 Å². The molecule has 0 heterocycles. The van der Waals surface area contributed by atoms with Crippen LogP contribution in [0.4, 0.5) is 0 Å². The van der Waals surface area contributed by atoms with Crippen molar-refractivity contribution >= 4 is 9.76 Å². The minimum absolute atomic E-state index is 0.631. The number of hydrogen-bond acceptors (Lipinski definition) is 2. The molecule has 0 atom stereocenters. The monoisotopic (exact) mass is 118 g/mol. The maximum absolute atomic E-state index is 8.32. The van der Waals surface area contributed by atoms with Gasteiger partial charge in [0, 0.05) is 0 Å². The molecule has 0 aliphatic heterocycles. The molecule has 42 valence electrons. The molecule has 0 aliphatic carbocycles. The van der Waals surface area contributed by atoms with Crippen LogP contribution >= 0.6 is 0 Å². The van der Waals surface area contributed by atoms with Gasteiger partial charge in [0.25, 0.3) is 0 Å². The number of ether oxygens (including phenoxy) is 1. The summed E-state index contributed by atoms with van der Waals surface area (Å²) < 4.78 is 4.71. The minimum atomic E-state index is -0.779. The van der Waals surface area contributed by atoms with Crippen molar-refractivity contribution in [3.8, 4) is 0 Å². The second kappa shape index (κ2) is 5.72. The van der Waals surface area contributed by atoms with Gasteiger partial charge in [-0.3, -0.25) is 0 Å². The highest BCUT2D eigenvalue weighted by molar-refractivity contribution is 6.25. The summed E-state index contributed by atoms with van der Waals surface area (Å²) in [6.07, 6.45) is 1.39. The Kier molecular flexibility index (Phi) is 5.49. The van der Waals surface area contributed by atoms with E-state index in [4.69, 9.17) is 9.53 Å². The molecule has 0 aromatic carbocycles. The Morgan fingerprint density at radius 2 is 2.57 bits per heavy atom. The van der Waals surface area contributed by atoms with E-state index in [0.29, 0.717) is 6.61 Å². The molecular weight excluding hydrogens is 108 g/mol. The third kappa shape index (κ3) is 5.72. The fraction of sp³-hybridized carbons (Fsp3) is 0.500. The third-order valence-electron chi connectivity index (χ3n) is 0.538. The van der Waals surface area contributed by atoms with Crippen molar-refractivity contribution in [2.75, 3.05) is 6.61 Å². The summed E-state index contributed by atoms with van der Waals surface area (Å²) in [6, 6.07) is 0.825. The first-order valence-corrected chi connectivity index (χ1v) is 3.88. The van der Waals surface area contributed by atoms with Crippen molar-refractivity contribution in [3.05, 3.63) is 12.8 Å². The molecule has 0 saturated carbocycles. The van der Waals surface area contributed by atoms with Crippen molar-refractivity contribution in [3.63, 3.8) is 0 Å². The van der Waals surface area contributed by atoms with Crippen LogP contribution in [0.3, 0.4) is 0 Å². The molecule has 0 unspecified atom stereocenters. The maximum Gasteiger partial charge on any atom is 0.160 e. The highest BCUT2D eigenvalue weighted by Crippen LogP contribution is 1.77. The number of hydrogen-bond donors (Lipinski definition) is 1. The van der Waals surface area contributed by atoms with Gasteiger partial charge in [-0.2, -0.15) is 0 Å². The van der Waals surface area contributed by atoms with Gasteiger partial charge in [0.1, 0.15) is 0 Å². The second-order valence-electron chi connectivity index (χ2n) is 1.11. The molecule has 0 saturated heterocycles. The van der Waals surface area contributed by atoms with Crippen LogP contribution in [0.5, 0.6) is 0 Å². The van der Waals surface area contributed by atoms with E-state index in [9.17, 15) is 0 Å². The summed E-state index contributed by atoms with van der Waals surface area (Å²) >= 11 is 0. The molecular formula is C4H10O2Si. The van der Waals surface area contributed by atoms with Crippen molar-refractivity contribution < 1.29 is 9.53 Å². The topological polar surface area (TPSA) is 29.5 Å². The first-order chi connectivity index (χ1) is 3.41. The lowest BCUT2D eigenvalue weighted by Gasteiger charge is -1.92. The fourth-order valence-corrected chi connectivity index (χ4v) is 0.527. The minimum Gasteiger partial charge on any atom is -0.502 e. The normalized spacial score (nSPS) is 9.86. The predicted molar refractivity (Wildman–Crippen MR) is 31.7 cm³/mol. The highest BCUT2D eigenvalue weighted by Gasteiger charge is 1.79. The molecule has 2 nitrogen and oxygen atoms in total. The first kappa shape index (κ1) is 6.72. The molecule has 0 rings (SSSR count). The zero-order valence-electron chi connectivity index (χ0n) is 4.26. The smallest absolute Gasteiger partial charge is 0.160 e. The van der Waals surface area contributed by atoms with Gasteiger partial charge in [0.05, 0.1) is 12.9 Å². The molecule has 0 fully saturated rings. The van der Waals surface area contributed by atoms with Crippen molar-refractivity contribution in [2.45, 2.75) is 6.04 Å². The molecule has 7 heavy (non-hydrogen) atoms. The highest BCUT2D eigenvalue weighted by atomic mass is 28.2. The Morgan fingerprint density at radius 3 is 3.00 bits per heavy atom. The van der Waals surface area contributed by atoms with E-state index in [-0.39, 0.29) is 0 Å². The van der Waals surface area contributed by atoms with E-state index < -0.39 is 9.76 Å². The van der Waals surface area contributed by atoms with E-state index in [2.05, 4.69) is 6.58 Å². The zero-order valence-corrected chi connectivity index (χ0v) is 5.68. The first-order valence-electron chi connectivity index (χ1n) is 2.25. The molecule has 0 bridgehead atoms. The largest absolute Gasteiger partial charge is 0.502 e. The standard InChI is InChI=1S/C4H10O2Si/c1-2-6-3-4-7-5/h2,5H,1,3-4,7H2. The Bertz CT molecular complexity index is 47.0. The van der Waals surface area contributed by atoms with Crippen LogP contribution in [-0.4, -0.2) is 21.2 Å². The van der Waals surface area contributed by atoms with Crippen LogP contribution in [-0.2, 0) is 4.74 Å². The molecule has 0 aliphatic rings. The van der Waals surface area contributed by atoms with Gasteiger partial charge in [-0.25, -0.2) is 0 Å².